The highest BCUT2D eigenvalue weighted by molar-refractivity contribution is 6.00. The Kier molecular flexibility index (Phi) is 8.41. The van der Waals surface area contributed by atoms with Crippen LogP contribution in [0, 0.1) is 0 Å². The van der Waals surface area contributed by atoms with Crippen molar-refractivity contribution in [1.82, 2.24) is 19.9 Å². The van der Waals surface area contributed by atoms with Crippen LogP contribution in [0.1, 0.15) is 0 Å². The molecule has 0 bridgehead atoms. The van der Waals surface area contributed by atoms with Gasteiger partial charge in [0.25, 0.3) is 0 Å². The van der Waals surface area contributed by atoms with Crippen molar-refractivity contribution in [2.45, 2.75) is 0 Å². The van der Waals surface area contributed by atoms with Crippen LogP contribution >= 0.6 is 0 Å². The second-order valence-electron chi connectivity index (χ2n) is 14.7. The van der Waals surface area contributed by atoms with Crippen molar-refractivity contribution in [3.05, 3.63) is 206 Å². The van der Waals surface area contributed by atoms with Gasteiger partial charge in [0, 0.05) is 22.3 Å². The van der Waals surface area contributed by atoms with Gasteiger partial charge in [0.05, 0.1) is 0 Å². The molecule has 0 fully saturated rings. The fraction of sp³-hybridized carbons (Fsp3) is 0. The summed E-state index contributed by atoms with van der Waals surface area (Å²) in [5.41, 5.74) is 11.9. The summed E-state index contributed by atoms with van der Waals surface area (Å²) in [5, 5.41) is 4.51. The molecule has 59 heavy (non-hydrogen) atoms. The monoisotopic (exact) mass is 754 g/mol. The molecule has 2 aromatic heterocycles. The minimum atomic E-state index is 0.546. The highest BCUT2D eigenvalue weighted by Crippen LogP contribution is 2.37. The molecule has 0 unspecified atom stereocenters. The summed E-state index contributed by atoms with van der Waals surface area (Å²) in [4.78, 5) is 20.3. The van der Waals surface area contributed by atoms with Gasteiger partial charge in [-0.2, -0.15) is 0 Å². The Morgan fingerprint density at radius 1 is 0.288 bits per heavy atom. The number of hydrogen-bond acceptors (Lipinski definition) is 5. The van der Waals surface area contributed by atoms with E-state index in [1.807, 2.05) is 60.7 Å². The van der Waals surface area contributed by atoms with Gasteiger partial charge in [0.2, 0.25) is 5.89 Å². The van der Waals surface area contributed by atoms with Crippen LogP contribution < -0.4 is 0 Å². The smallest absolute Gasteiger partial charge is 0.227 e. The van der Waals surface area contributed by atoms with Crippen molar-refractivity contribution < 1.29 is 4.42 Å². The zero-order valence-electron chi connectivity index (χ0n) is 31.8. The van der Waals surface area contributed by atoms with E-state index in [1.54, 1.807) is 0 Å². The molecule has 0 aliphatic heterocycles. The number of oxazole rings is 1. The lowest BCUT2D eigenvalue weighted by molar-refractivity contribution is 0.620. The lowest BCUT2D eigenvalue weighted by atomic mass is 9.93. The lowest BCUT2D eigenvalue weighted by Gasteiger charge is -2.13. The van der Waals surface area contributed by atoms with Crippen molar-refractivity contribution in [1.29, 1.82) is 0 Å². The van der Waals surface area contributed by atoms with Crippen LogP contribution in [0.2, 0.25) is 0 Å². The van der Waals surface area contributed by atoms with Gasteiger partial charge in [0.15, 0.2) is 23.1 Å². The minimum Gasteiger partial charge on any atom is -0.436 e. The molecule has 0 amide bonds. The van der Waals surface area contributed by atoms with E-state index >= 15 is 0 Å². The van der Waals surface area contributed by atoms with E-state index in [2.05, 4.69) is 146 Å². The molecule has 0 radical (unpaired) electrons. The molecule has 276 valence electrons. The molecule has 0 aliphatic carbocycles. The first kappa shape index (κ1) is 34.2. The number of nitrogens with zero attached hydrogens (tertiary/aromatic N) is 4. The van der Waals surface area contributed by atoms with Gasteiger partial charge in [-0.25, -0.2) is 19.9 Å². The van der Waals surface area contributed by atoms with Crippen LogP contribution in [-0.2, 0) is 0 Å². The Bertz CT molecular complexity index is 3320. The molecule has 11 aromatic rings. The van der Waals surface area contributed by atoms with E-state index in [0.29, 0.717) is 28.9 Å². The number of fused-ring (bicyclic) bond motifs is 3. The molecule has 0 aliphatic rings. The number of benzene rings is 9. The Hall–Kier alpha value is -8.02. The van der Waals surface area contributed by atoms with Crippen LogP contribution in [0.25, 0.3) is 112 Å². The van der Waals surface area contributed by atoms with Crippen LogP contribution in [0.4, 0.5) is 0 Å². The Morgan fingerprint density at radius 2 is 0.797 bits per heavy atom. The third-order valence-corrected chi connectivity index (χ3v) is 10.9. The molecule has 0 saturated carbocycles. The van der Waals surface area contributed by atoms with E-state index in [4.69, 9.17) is 24.4 Å². The SMILES string of the molecule is c1ccc(-c2cccc(-c3cc(-c4nc(-c5ccc6cc(-c7ccccc7)ccc6c5)nc(-c5ccc6nc(-c7ccccc7)oc6c5)n4)cc4ccccc34)c2)cc1. The summed E-state index contributed by atoms with van der Waals surface area (Å²) in [6.07, 6.45) is 0. The molecule has 0 N–H and O–H groups in total. The Balaban J connectivity index is 1.08. The maximum atomic E-state index is 6.31. The normalized spacial score (nSPS) is 11.4. The quantitative estimate of drug-likeness (QED) is 0.162. The summed E-state index contributed by atoms with van der Waals surface area (Å²) < 4.78 is 6.31. The lowest BCUT2D eigenvalue weighted by Crippen LogP contribution is -2.00. The van der Waals surface area contributed by atoms with Crippen molar-refractivity contribution >= 4 is 32.6 Å². The fourth-order valence-electron chi connectivity index (χ4n) is 7.90. The van der Waals surface area contributed by atoms with Crippen LogP contribution in [-0.4, -0.2) is 19.9 Å². The topological polar surface area (TPSA) is 64.7 Å². The molecule has 0 spiro atoms. The van der Waals surface area contributed by atoms with Crippen LogP contribution in [0.15, 0.2) is 211 Å². The van der Waals surface area contributed by atoms with Crippen LogP contribution in [0.3, 0.4) is 0 Å². The molecule has 2 heterocycles. The summed E-state index contributed by atoms with van der Waals surface area (Å²) in [7, 11) is 0. The molecule has 11 rings (SSSR count). The van der Waals surface area contributed by atoms with Gasteiger partial charge >= 0.3 is 0 Å². The van der Waals surface area contributed by atoms with Gasteiger partial charge in [-0.3, -0.25) is 0 Å². The van der Waals surface area contributed by atoms with Crippen molar-refractivity contribution in [3.8, 4) is 79.0 Å². The first-order valence-corrected chi connectivity index (χ1v) is 19.7. The van der Waals surface area contributed by atoms with Gasteiger partial charge in [-0.1, -0.05) is 146 Å². The average Bonchev–Trinajstić information content (AvgIpc) is 3.76. The number of hydrogen-bond donors (Lipinski definition) is 0. The van der Waals surface area contributed by atoms with Gasteiger partial charge < -0.3 is 4.42 Å². The minimum absolute atomic E-state index is 0.546. The largest absolute Gasteiger partial charge is 0.436 e. The van der Waals surface area contributed by atoms with Gasteiger partial charge in [0.1, 0.15) is 5.52 Å². The van der Waals surface area contributed by atoms with E-state index in [0.717, 1.165) is 66.0 Å². The van der Waals surface area contributed by atoms with E-state index in [-0.39, 0.29) is 0 Å². The zero-order valence-corrected chi connectivity index (χ0v) is 31.8. The zero-order chi connectivity index (χ0) is 39.1. The van der Waals surface area contributed by atoms with Gasteiger partial charge in [-0.15, -0.1) is 0 Å². The van der Waals surface area contributed by atoms with E-state index in [1.165, 1.54) is 16.7 Å². The second-order valence-corrected chi connectivity index (χ2v) is 14.7. The Morgan fingerprint density at radius 3 is 1.51 bits per heavy atom. The second kappa shape index (κ2) is 14.5. The van der Waals surface area contributed by atoms with E-state index < -0.39 is 0 Å². The fourth-order valence-corrected chi connectivity index (χ4v) is 7.90. The molecule has 9 aromatic carbocycles. The maximum absolute atomic E-state index is 6.31. The van der Waals surface area contributed by atoms with Crippen LogP contribution in [0.5, 0.6) is 0 Å². The van der Waals surface area contributed by atoms with Crippen molar-refractivity contribution in [2.75, 3.05) is 0 Å². The van der Waals surface area contributed by atoms with Gasteiger partial charge in [-0.05, 0) is 116 Å². The average molecular weight is 755 g/mol. The van der Waals surface area contributed by atoms with Crippen molar-refractivity contribution in [3.63, 3.8) is 0 Å². The van der Waals surface area contributed by atoms with E-state index in [9.17, 15) is 0 Å². The highest BCUT2D eigenvalue weighted by atomic mass is 16.3. The molecule has 0 atom stereocenters. The standard InChI is InChI=1S/C54H34N4O/c1-4-13-35(14-5-1)38-20-12-21-43(30-38)48-33-46(32-42-19-10-11-22-47(42)48)53-57-51(44-26-25-40-29-39(23-24-41(40)31-44)36-15-6-2-7-16-36)56-52(58-53)45-27-28-49-50(34-45)59-54(55-49)37-17-8-3-9-18-37/h1-34H. The number of rotatable bonds is 7. The summed E-state index contributed by atoms with van der Waals surface area (Å²) in [6, 6.07) is 71.5. The third kappa shape index (κ3) is 6.61. The summed E-state index contributed by atoms with van der Waals surface area (Å²) in [5.74, 6) is 2.28. The summed E-state index contributed by atoms with van der Waals surface area (Å²) >= 11 is 0. The molecule has 0 saturated heterocycles. The first-order valence-electron chi connectivity index (χ1n) is 19.7. The summed E-state index contributed by atoms with van der Waals surface area (Å²) in [6.45, 7) is 0. The number of aromatic nitrogens is 4. The van der Waals surface area contributed by atoms with Crippen molar-refractivity contribution in [2.24, 2.45) is 0 Å². The predicted molar refractivity (Wildman–Crippen MR) is 240 cm³/mol. The Labute approximate surface area is 341 Å². The first-order chi connectivity index (χ1) is 29.2. The maximum Gasteiger partial charge on any atom is 0.227 e. The molecule has 5 nitrogen and oxygen atoms in total. The molecular formula is C54H34N4O. The third-order valence-electron chi connectivity index (χ3n) is 10.9. The highest BCUT2D eigenvalue weighted by Gasteiger charge is 2.18. The molecule has 5 heteroatoms. The molecular weight excluding hydrogens is 721 g/mol. The predicted octanol–water partition coefficient (Wildman–Crippen LogP) is 14.0.